The molecule has 0 aromatic heterocycles. The van der Waals surface area contributed by atoms with Gasteiger partial charge >= 0.3 is 0 Å². The third-order valence-corrected chi connectivity index (χ3v) is 12.1. The van der Waals surface area contributed by atoms with Crippen LogP contribution in [0.2, 0.25) is 0 Å². The van der Waals surface area contributed by atoms with Crippen LogP contribution in [0.5, 0.6) is 0 Å². The molecule has 2 fully saturated rings. The zero-order valence-electron chi connectivity index (χ0n) is 23.2. The highest BCUT2D eigenvalue weighted by Gasteiger charge is 2.35. The molecule has 4 rings (SSSR count). The Morgan fingerprint density at radius 1 is 0.757 bits per heavy atom. The maximum absolute atomic E-state index is 9.80. The van der Waals surface area contributed by atoms with Crippen molar-refractivity contribution < 1.29 is 0 Å². The summed E-state index contributed by atoms with van der Waals surface area (Å²) in [6, 6.07) is 21.4. The summed E-state index contributed by atoms with van der Waals surface area (Å²) in [5.41, 5.74) is 5.50. The van der Waals surface area contributed by atoms with Crippen LogP contribution in [0.1, 0.15) is 119 Å². The van der Waals surface area contributed by atoms with Crippen molar-refractivity contribution in [2.45, 2.75) is 108 Å². The van der Waals surface area contributed by atoms with Crippen LogP contribution in [-0.4, -0.2) is 11.5 Å². The quantitative estimate of drug-likeness (QED) is 0.253. The summed E-state index contributed by atoms with van der Waals surface area (Å²) in [7, 11) is 0. The zero-order chi connectivity index (χ0) is 25.9. The fourth-order valence-corrected chi connectivity index (χ4v) is 9.32. The van der Waals surface area contributed by atoms with Crippen LogP contribution in [0.15, 0.2) is 48.5 Å². The van der Waals surface area contributed by atoms with Gasteiger partial charge in [-0.2, -0.15) is 5.26 Å². The van der Waals surface area contributed by atoms with E-state index >= 15 is 0 Å². The van der Waals surface area contributed by atoms with Crippen molar-refractivity contribution in [2.75, 3.05) is 11.5 Å². The molecule has 0 bridgehead atoms. The largest absolute Gasteiger partial charge is 0.198 e. The lowest BCUT2D eigenvalue weighted by Crippen LogP contribution is -2.25. The summed E-state index contributed by atoms with van der Waals surface area (Å²) in [5, 5.41) is 9.80. The number of unbranched alkanes of at least 4 members (excludes halogenated alkanes) is 5. The molecule has 1 nitrogen and oxygen atoms in total. The van der Waals surface area contributed by atoms with Gasteiger partial charge in [0.25, 0.3) is 0 Å². The molecule has 0 spiro atoms. The van der Waals surface area contributed by atoms with Gasteiger partial charge in [-0.15, -0.1) is 23.5 Å². The van der Waals surface area contributed by atoms with Crippen LogP contribution in [0, 0.1) is 22.7 Å². The smallest absolute Gasteiger partial charge is 0.0751 e. The molecule has 0 N–H and O–H groups in total. The summed E-state index contributed by atoms with van der Waals surface area (Å²) >= 11 is 4.32. The third-order valence-electron chi connectivity index (χ3n) is 8.77. The van der Waals surface area contributed by atoms with Gasteiger partial charge in [0.15, 0.2) is 0 Å². The molecule has 1 aliphatic heterocycles. The molecule has 1 heterocycles. The Hall–Kier alpha value is -1.37. The summed E-state index contributed by atoms with van der Waals surface area (Å²) < 4.78 is 0.594. The molecule has 0 amide bonds. The highest BCUT2D eigenvalue weighted by molar-refractivity contribution is 8.16. The van der Waals surface area contributed by atoms with Crippen molar-refractivity contribution in [1.29, 1.82) is 5.26 Å². The molecule has 1 saturated heterocycles. The van der Waals surface area contributed by atoms with Crippen LogP contribution < -0.4 is 0 Å². The maximum Gasteiger partial charge on any atom is 0.0751 e. The molecule has 0 radical (unpaired) electrons. The molecule has 200 valence electrons. The average molecular weight is 534 g/mol. The van der Waals surface area contributed by atoms with Gasteiger partial charge in [-0.05, 0) is 84.1 Å². The number of rotatable bonds is 12. The lowest BCUT2D eigenvalue weighted by Gasteiger charge is -2.35. The van der Waals surface area contributed by atoms with Crippen molar-refractivity contribution in [3.8, 4) is 17.2 Å². The van der Waals surface area contributed by atoms with Crippen molar-refractivity contribution in [3.63, 3.8) is 0 Å². The topological polar surface area (TPSA) is 23.8 Å². The van der Waals surface area contributed by atoms with E-state index in [2.05, 4.69) is 92.0 Å². The second kappa shape index (κ2) is 14.7. The van der Waals surface area contributed by atoms with E-state index in [0.29, 0.717) is 10.5 Å². The molecular formula is C34H47NS2. The van der Waals surface area contributed by atoms with E-state index in [-0.39, 0.29) is 5.41 Å². The monoisotopic (exact) mass is 533 g/mol. The van der Waals surface area contributed by atoms with E-state index in [9.17, 15) is 5.26 Å². The van der Waals surface area contributed by atoms with E-state index in [1.54, 1.807) is 0 Å². The number of nitriles is 1. The molecule has 2 aromatic rings. The summed E-state index contributed by atoms with van der Waals surface area (Å²) in [6.07, 6.45) is 16.3. The standard InChI is InChI=1S/C34H47NS2/c1-3-5-7-8-9-10-27-24-36-33(37-25-27)32-17-15-29(16-18-32)28-11-13-30(14-12-28)31-19-22-34(26-35,23-20-31)21-6-4-2/h11-18,27,31,33H,3-10,19-25H2,1-2H3. The van der Waals surface area contributed by atoms with Gasteiger partial charge < -0.3 is 0 Å². The fraction of sp³-hybridized carbons (Fsp3) is 0.618. The predicted molar refractivity (Wildman–Crippen MR) is 165 cm³/mol. The first kappa shape index (κ1) is 28.6. The van der Waals surface area contributed by atoms with E-state index in [1.807, 2.05) is 0 Å². The minimum atomic E-state index is -0.0573. The van der Waals surface area contributed by atoms with Gasteiger partial charge in [-0.3, -0.25) is 0 Å². The summed E-state index contributed by atoms with van der Waals surface area (Å²) in [5.74, 6) is 4.16. The minimum Gasteiger partial charge on any atom is -0.198 e. The normalized spacial score (nSPS) is 26.0. The van der Waals surface area contributed by atoms with E-state index in [4.69, 9.17) is 0 Å². The number of hydrogen-bond donors (Lipinski definition) is 0. The fourth-order valence-electron chi connectivity index (χ4n) is 6.16. The molecule has 1 aliphatic carbocycles. The van der Waals surface area contributed by atoms with E-state index in [0.717, 1.165) is 38.0 Å². The second-order valence-electron chi connectivity index (χ2n) is 11.6. The molecule has 0 atom stereocenters. The van der Waals surface area contributed by atoms with E-state index in [1.165, 1.54) is 85.1 Å². The van der Waals surface area contributed by atoms with Gasteiger partial charge in [-0.25, -0.2) is 0 Å². The molecule has 2 aromatic carbocycles. The number of nitrogens with zero attached hydrogens (tertiary/aromatic N) is 1. The number of hydrogen-bond acceptors (Lipinski definition) is 3. The lowest BCUT2D eigenvalue weighted by molar-refractivity contribution is 0.224. The molecule has 1 saturated carbocycles. The van der Waals surface area contributed by atoms with Gasteiger partial charge in [0, 0.05) is 0 Å². The zero-order valence-corrected chi connectivity index (χ0v) is 24.9. The summed E-state index contributed by atoms with van der Waals surface area (Å²) in [4.78, 5) is 0. The average Bonchev–Trinajstić information content (AvgIpc) is 2.97. The van der Waals surface area contributed by atoms with Crippen molar-refractivity contribution in [2.24, 2.45) is 11.3 Å². The molecule has 0 unspecified atom stereocenters. The summed E-state index contributed by atoms with van der Waals surface area (Å²) in [6.45, 7) is 4.52. The SMILES string of the molecule is CCCCCCCC1CSC(c2ccc(-c3ccc(C4CCC(C#N)(CCCC)CC4)cc3)cc2)SC1. The van der Waals surface area contributed by atoms with Crippen LogP contribution in [0.3, 0.4) is 0 Å². The van der Waals surface area contributed by atoms with Gasteiger partial charge in [-0.1, -0.05) is 107 Å². The Bertz CT molecular complexity index is 958. The molecule has 3 heteroatoms. The highest BCUT2D eigenvalue weighted by atomic mass is 32.2. The predicted octanol–water partition coefficient (Wildman–Crippen LogP) is 11.2. The third kappa shape index (κ3) is 8.06. The van der Waals surface area contributed by atoms with Crippen LogP contribution in [0.4, 0.5) is 0 Å². The Kier molecular flexibility index (Phi) is 11.4. The van der Waals surface area contributed by atoms with Crippen molar-refractivity contribution in [3.05, 3.63) is 59.7 Å². The molecular weight excluding hydrogens is 487 g/mol. The lowest BCUT2D eigenvalue weighted by atomic mass is 9.67. The number of benzene rings is 2. The molecule has 2 aliphatic rings. The van der Waals surface area contributed by atoms with Crippen molar-refractivity contribution >= 4 is 23.5 Å². The second-order valence-corrected chi connectivity index (χ2v) is 14.2. The first-order valence-corrected chi connectivity index (χ1v) is 17.1. The Morgan fingerprint density at radius 2 is 1.32 bits per heavy atom. The molecule has 37 heavy (non-hydrogen) atoms. The van der Waals surface area contributed by atoms with Gasteiger partial charge in [0.05, 0.1) is 16.1 Å². The number of thioether (sulfide) groups is 2. The van der Waals surface area contributed by atoms with Crippen LogP contribution in [-0.2, 0) is 0 Å². The van der Waals surface area contributed by atoms with Crippen LogP contribution >= 0.6 is 23.5 Å². The van der Waals surface area contributed by atoms with E-state index < -0.39 is 0 Å². The van der Waals surface area contributed by atoms with Crippen molar-refractivity contribution in [1.82, 2.24) is 0 Å². The van der Waals surface area contributed by atoms with Crippen LogP contribution in [0.25, 0.3) is 11.1 Å². The minimum absolute atomic E-state index is 0.0573. The Labute approximate surface area is 235 Å². The Morgan fingerprint density at radius 3 is 1.89 bits per heavy atom. The van der Waals surface area contributed by atoms with Gasteiger partial charge in [0.2, 0.25) is 0 Å². The highest BCUT2D eigenvalue weighted by Crippen LogP contribution is 2.47. The first-order chi connectivity index (χ1) is 18.2. The first-order valence-electron chi connectivity index (χ1n) is 15.0. The van der Waals surface area contributed by atoms with Gasteiger partial charge in [0.1, 0.15) is 0 Å². The maximum atomic E-state index is 9.80. The Balaban J connectivity index is 1.25.